The van der Waals surface area contributed by atoms with Crippen LogP contribution in [0.25, 0.3) is 0 Å². The van der Waals surface area contributed by atoms with E-state index in [9.17, 15) is 19.7 Å². The van der Waals surface area contributed by atoms with Crippen molar-refractivity contribution in [2.24, 2.45) is 0 Å². The number of fused-ring (bicyclic) bond motifs is 3. The first-order valence-corrected chi connectivity index (χ1v) is 13.3. The Balaban J connectivity index is 1.16. The molecule has 2 N–H and O–H groups in total. The lowest BCUT2D eigenvalue weighted by Gasteiger charge is -2.28. The zero-order valence-electron chi connectivity index (χ0n) is 20.8. The summed E-state index contributed by atoms with van der Waals surface area (Å²) < 4.78 is 5.50. The summed E-state index contributed by atoms with van der Waals surface area (Å²) in [6.45, 7) is 2.57. The quantitative estimate of drug-likeness (QED) is 0.148. The number of nitrogens with zero attached hydrogens (tertiary/aromatic N) is 2. The van der Waals surface area contributed by atoms with Crippen LogP contribution in [-0.2, 0) is 19.5 Å². The smallest absolute Gasteiger partial charge is 0.343 e. The highest BCUT2D eigenvalue weighted by molar-refractivity contribution is 7.16. The molecule has 9 nitrogen and oxygen atoms in total. The highest BCUT2D eigenvalue weighted by Gasteiger charge is 2.33. The number of benzene rings is 3. The zero-order chi connectivity index (χ0) is 26.9. The van der Waals surface area contributed by atoms with Crippen molar-refractivity contribution < 1.29 is 19.2 Å². The molecule has 0 unspecified atom stereocenters. The third kappa shape index (κ3) is 5.12. The fourth-order valence-electron chi connectivity index (χ4n) is 4.95. The first-order chi connectivity index (χ1) is 18.9. The summed E-state index contributed by atoms with van der Waals surface area (Å²) in [4.78, 5) is 39.7. The second-order valence-electron chi connectivity index (χ2n) is 9.47. The molecule has 0 radical (unpaired) electrons. The van der Waals surface area contributed by atoms with Crippen molar-refractivity contribution in [1.82, 2.24) is 10.2 Å². The van der Waals surface area contributed by atoms with Gasteiger partial charge < -0.3 is 15.4 Å². The predicted molar refractivity (Wildman–Crippen MR) is 147 cm³/mol. The Hall–Kier alpha value is -4.54. The maximum Gasteiger partial charge on any atom is 0.343 e. The number of hydrogen-bond acceptors (Lipinski definition) is 8. The molecule has 3 heterocycles. The van der Waals surface area contributed by atoms with Crippen molar-refractivity contribution in [1.29, 1.82) is 0 Å². The minimum absolute atomic E-state index is 0.105. The molecule has 1 amide bonds. The van der Waals surface area contributed by atoms with E-state index in [1.54, 1.807) is 29.5 Å². The van der Waals surface area contributed by atoms with Crippen molar-refractivity contribution in [2.45, 2.75) is 25.7 Å². The number of non-ortho nitro benzene ring substituents is 1. The van der Waals surface area contributed by atoms with Gasteiger partial charge in [0.1, 0.15) is 16.9 Å². The second kappa shape index (κ2) is 10.3. The summed E-state index contributed by atoms with van der Waals surface area (Å²) in [6.07, 6.45) is 0.338. The number of anilines is 1. The van der Waals surface area contributed by atoms with Crippen LogP contribution < -0.4 is 15.4 Å². The lowest BCUT2D eigenvalue weighted by molar-refractivity contribution is -0.384. The van der Waals surface area contributed by atoms with Gasteiger partial charge in [0.2, 0.25) is 0 Å². The molecule has 10 heteroatoms. The van der Waals surface area contributed by atoms with E-state index in [2.05, 4.69) is 39.8 Å². The monoisotopic (exact) mass is 540 g/mol. The van der Waals surface area contributed by atoms with Gasteiger partial charge in [0.15, 0.2) is 0 Å². The third-order valence-corrected chi connectivity index (χ3v) is 8.03. The Morgan fingerprint density at radius 1 is 1.05 bits per heavy atom. The number of nitro groups is 1. The molecule has 0 spiro atoms. The van der Waals surface area contributed by atoms with E-state index in [1.165, 1.54) is 34.7 Å². The molecule has 2 aliphatic heterocycles. The van der Waals surface area contributed by atoms with E-state index in [-0.39, 0.29) is 17.2 Å². The van der Waals surface area contributed by atoms with Crippen LogP contribution in [-0.4, -0.2) is 28.2 Å². The summed E-state index contributed by atoms with van der Waals surface area (Å²) in [5.41, 5.74) is 3.95. The number of rotatable bonds is 6. The van der Waals surface area contributed by atoms with Crippen LogP contribution in [0.5, 0.6) is 5.75 Å². The normalized spacial score (nSPS) is 16.4. The fraction of sp³-hybridized carbons (Fsp3) is 0.172. The van der Waals surface area contributed by atoms with Gasteiger partial charge in [0, 0.05) is 36.6 Å². The number of carbonyl (C=O) groups excluding carboxylic acids is 2. The van der Waals surface area contributed by atoms with Crippen molar-refractivity contribution in [3.05, 3.63) is 122 Å². The Morgan fingerprint density at radius 2 is 1.85 bits per heavy atom. The Kier molecular flexibility index (Phi) is 6.55. The molecule has 2 aliphatic rings. The molecule has 0 bridgehead atoms. The number of ether oxygens (including phenoxy) is 1. The maximum atomic E-state index is 13.2. The molecular weight excluding hydrogens is 516 g/mol. The molecule has 1 atom stereocenters. The fourth-order valence-corrected chi connectivity index (χ4v) is 6.27. The van der Waals surface area contributed by atoms with E-state index in [1.807, 2.05) is 12.1 Å². The number of thiophene rings is 1. The molecule has 0 saturated heterocycles. The maximum absolute atomic E-state index is 13.2. The van der Waals surface area contributed by atoms with E-state index in [0.29, 0.717) is 5.75 Å². The lowest BCUT2D eigenvalue weighted by atomic mass is 10.00. The summed E-state index contributed by atoms with van der Waals surface area (Å²) >= 11 is 1.62. The van der Waals surface area contributed by atoms with Crippen LogP contribution in [0.1, 0.15) is 48.4 Å². The lowest BCUT2D eigenvalue weighted by Crippen LogP contribution is -2.38. The molecule has 3 aromatic carbocycles. The number of carbonyl (C=O) groups is 2. The first kappa shape index (κ1) is 24.8. The van der Waals surface area contributed by atoms with Gasteiger partial charge in [-0.25, -0.2) is 4.79 Å². The van der Waals surface area contributed by atoms with E-state index in [0.717, 1.165) is 47.7 Å². The predicted octanol–water partition coefficient (Wildman–Crippen LogP) is 5.29. The Labute approximate surface area is 228 Å². The van der Waals surface area contributed by atoms with E-state index < -0.39 is 17.1 Å². The largest absolute Gasteiger partial charge is 0.423 e. The minimum atomic E-state index is -0.629. The van der Waals surface area contributed by atoms with Crippen molar-refractivity contribution in [3.63, 3.8) is 0 Å². The Bertz CT molecular complexity index is 1570. The standard InChI is InChI=1S/C29H24N4O5S/c34-27-25-23-13-14-32(16-18-5-2-1-3-6-18)17-24(23)39-28(25)31-26(30-27)20-7-4-8-22(15-20)38-29(35)19-9-11-21(12-10-19)33(36)37/h1-12,15,26,31H,13-14,16-17H2,(H,30,34)/t26-/m0/s1. The topological polar surface area (TPSA) is 114 Å². The number of esters is 1. The van der Waals surface area contributed by atoms with Crippen molar-refractivity contribution >= 4 is 33.9 Å². The molecule has 0 saturated carbocycles. The van der Waals surface area contributed by atoms with Crippen LogP contribution in [0.3, 0.4) is 0 Å². The second-order valence-corrected chi connectivity index (χ2v) is 10.6. The third-order valence-electron chi connectivity index (χ3n) is 6.88. The molecule has 1 aromatic heterocycles. The number of nitrogens with one attached hydrogen (secondary N) is 2. The summed E-state index contributed by atoms with van der Waals surface area (Å²) in [7, 11) is 0. The molecular formula is C29H24N4O5S. The molecule has 0 aliphatic carbocycles. The van der Waals surface area contributed by atoms with Crippen molar-refractivity contribution in [3.8, 4) is 5.75 Å². The summed E-state index contributed by atoms with van der Waals surface area (Å²) in [5, 5.41) is 18.2. The molecule has 196 valence electrons. The van der Waals surface area contributed by atoms with E-state index in [4.69, 9.17) is 4.74 Å². The van der Waals surface area contributed by atoms with Gasteiger partial charge in [-0.2, -0.15) is 0 Å². The summed E-state index contributed by atoms with van der Waals surface area (Å²) in [6, 6.07) is 22.5. The van der Waals surface area contributed by atoms with Gasteiger partial charge in [0.25, 0.3) is 11.6 Å². The highest BCUT2D eigenvalue weighted by atomic mass is 32.1. The van der Waals surface area contributed by atoms with Crippen molar-refractivity contribution in [2.75, 3.05) is 11.9 Å². The number of hydrogen-bond donors (Lipinski definition) is 2. The van der Waals surface area contributed by atoms with Crippen LogP contribution in [0.2, 0.25) is 0 Å². The minimum Gasteiger partial charge on any atom is -0.423 e. The average molecular weight is 541 g/mol. The highest BCUT2D eigenvalue weighted by Crippen LogP contribution is 2.41. The van der Waals surface area contributed by atoms with Gasteiger partial charge in [0.05, 0.1) is 16.1 Å². The van der Waals surface area contributed by atoms with Gasteiger partial charge in [-0.1, -0.05) is 42.5 Å². The van der Waals surface area contributed by atoms with Gasteiger partial charge in [-0.3, -0.25) is 19.8 Å². The van der Waals surface area contributed by atoms with Crippen LogP contribution in [0.4, 0.5) is 10.7 Å². The SMILES string of the molecule is O=C(Oc1cccc([C@H]2NC(=O)c3c(sc4c3CCN(Cc3ccccc3)C4)N2)c1)c1ccc([N+](=O)[O-])cc1. The first-order valence-electron chi connectivity index (χ1n) is 12.5. The van der Waals surface area contributed by atoms with Gasteiger partial charge in [-0.15, -0.1) is 11.3 Å². The number of nitro benzene ring substituents is 1. The van der Waals surface area contributed by atoms with Crippen LogP contribution in [0.15, 0.2) is 78.9 Å². The van der Waals surface area contributed by atoms with Crippen LogP contribution in [0, 0.1) is 10.1 Å². The van der Waals surface area contributed by atoms with E-state index >= 15 is 0 Å². The zero-order valence-corrected chi connectivity index (χ0v) is 21.6. The molecule has 6 rings (SSSR count). The molecule has 4 aromatic rings. The van der Waals surface area contributed by atoms with Gasteiger partial charge in [-0.05, 0) is 47.4 Å². The van der Waals surface area contributed by atoms with Crippen LogP contribution >= 0.6 is 11.3 Å². The Morgan fingerprint density at radius 3 is 2.62 bits per heavy atom. The van der Waals surface area contributed by atoms with Gasteiger partial charge >= 0.3 is 5.97 Å². The average Bonchev–Trinajstić information content (AvgIpc) is 3.32. The summed E-state index contributed by atoms with van der Waals surface area (Å²) in [5.74, 6) is -0.438. The number of amides is 1. The molecule has 0 fully saturated rings. The molecule has 39 heavy (non-hydrogen) atoms.